The Morgan fingerprint density at radius 1 is 1.32 bits per heavy atom. The van der Waals surface area contributed by atoms with E-state index in [0.717, 1.165) is 47.6 Å². The van der Waals surface area contributed by atoms with E-state index in [1.807, 2.05) is 37.5 Å². The second-order valence-electron chi connectivity index (χ2n) is 6.76. The number of hydrogen-bond acceptors (Lipinski definition) is 5. The van der Waals surface area contributed by atoms with E-state index in [1.165, 1.54) is 0 Å². The van der Waals surface area contributed by atoms with Crippen molar-refractivity contribution in [2.45, 2.75) is 32.4 Å². The van der Waals surface area contributed by atoms with Crippen molar-refractivity contribution in [3.63, 3.8) is 0 Å². The zero-order valence-corrected chi connectivity index (χ0v) is 14.3. The van der Waals surface area contributed by atoms with E-state index in [1.54, 1.807) is 0 Å². The number of nitrogens with one attached hydrogen (secondary N) is 1. The molecule has 1 atom stereocenters. The van der Waals surface area contributed by atoms with Gasteiger partial charge in [0.05, 0.1) is 30.5 Å². The van der Waals surface area contributed by atoms with E-state index < -0.39 is 0 Å². The number of pyridine rings is 1. The second kappa shape index (κ2) is 6.63. The van der Waals surface area contributed by atoms with Gasteiger partial charge in [0.15, 0.2) is 0 Å². The Kier molecular flexibility index (Phi) is 4.17. The van der Waals surface area contributed by atoms with Gasteiger partial charge >= 0.3 is 0 Å². The van der Waals surface area contributed by atoms with Crippen molar-refractivity contribution >= 4 is 17.3 Å². The molecule has 2 aromatic rings. The Hall–Kier alpha value is -2.76. The fraction of sp³-hybridized carbons (Fsp3) is 0.368. The van der Waals surface area contributed by atoms with E-state index in [4.69, 9.17) is 0 Å². The number of fused-ring (bicyclic) bond motifs is 1. The van der Waals surface area contributed by atoms with Crippen LogP contribution in [0.4, 0.5) is 11.4 Å². The number of aromatic nitrogens is 1. The molecule has 1 aromatic heterocycles. The Balaban J connectivity index is 1.33. The number of anilines is 1. The summed E-state index contributed by atoms with van der Waals surface area (Å²) >= 11 is 0. The summed E-state index contributed by atoms with van der Waals surface area (Å²) in [7, 11) is 0. The molecule has 1 N–H and O–H groups in total. The van der Waals surface area contributed by atoms with E-state index in [2.05, 4.69) is 31.5 Å². The van der Waals surface area contributed by atoms with Crippen LogP contribution in [0.1, 0.15) is 23.1 Å². The van der Waals surface area contributed by atoms with Gasteiger partial charge in [-0.25, -0.2) is 0 Å². The maximum absolute atomic E-state index is 12.4. The van der Waals surface area contributed by atoms with Crippen molar-refractivity contribution in [1.82, 2.24) is 10.3 Å². The fourth-order valence-electron chi connectivity index (χ4n) is 3.42. The highest BCUT2D eigenvalue weighted by Crippen LogP contribution is 2.27. The predicted octanol–water partition coefficient (Wildman–Crippen LogP) is 2.92. The number of azo groups is 1. The Bertz CT molecular complexity index is 832. The first-order valence-corrected chi connectivity index (χ1v) is 8.62. The fourth-order valence-corrected chi connectivity index (χ4v) is 3.42. The van der Waals surface area contributed by atoms with Gasteiger partial charge in [0.2, 0.25) is 5.91 Å². The normalized spacial score (nSPS) is 18.4. The van der Waals surface area contributed by atoms with E-state index >= 15 is 0 Å². The number of carbonyl (C=O) groups is 1. The molecule has 4 rings (SSSR count). The van der Waals surface area contributed by atoms with Crippen molar-refractivity contribution in [3.05, 3.63) is 53.3 Å². The standard InChI is InChI=1S/C19H21N5O/c1-13-6-17(11-20-9-13)24-5-4-16(12-24)22-19(25)8-14-2-3-15-10-21-23-18(15)7-14/h2-3,6-7,9,11,16H,4-5,8,10,12H2,1H3,(H,22,25)/t16-/m1/s1. The minimum Gasteiger partial charge on any atom is -0.368 e. The van der Waals surface area contributed by atoms with Crippen molar-refractivity contribution in [2.24, 2.45) is 10.2 Å². The summed E-state index contributed by atoms with van der Waals surface area (Å²) in [6, 6.07) is 8.29. The average Bonchev–Trinajstić information content (AvgIpc) is 3.23. The minimum atomic E-state index is 0.0594. The lowest BCUT2D eigenvalue weighted by molar-refractivity contribution is -0.121. The molecule has 1 saturated heterocycles. The molecular weight excluding hydrogens is 314 g/mol. The highest BCUT2D eigenvalue weighted by molar-refractivity contribution is 5.79. The SMILES string of the molecule is Cc1cncc(N2CC[C@@H](NC(=O)Cc3ccc4c(c3)N=NC4)C2)c1. The van der Waals surface area contributed by atoms with E-state index in [9.17, 15) is 4.79 Å². The number of carbonyl (C=O) groups excluding carboxylic acids is 1. The number of aryl methyl sites for hydroxylation is 1. The van der Waals surface area contributed by atoms with E-state index in [0.29, 0.717) is 13.0 Å². The van der Waals surface area contributed by atoms with Gasteiger partial charge in [-0.15, -0.1) is 0 Å². The topological polar surface area (TPSA) is 70.0 Å². The molecule has 2 aliphatic heterocycles. The van der Waals surface area contributed by atoms with Crippen LogP contribution in [0.3, 0.4) is 0 Å². The summed E-state index contributed by atoms with van der Waals surface area (Å²) in [4.78, 5) is 18.9. The number of benzene rings is 1. The highest BCUT2D eigenvalue weighted by atomic mass is 16.1. The first-order chi connectivity index (χ1) is 12.2. The molecule has 0 bridgehead atoms. The third kappa shape index (κ3) is 3.52. The van der Waals surface area contributed by atoms with Gasteiger partial charge in [0.1, 0.15) is 0 Å². The highest BCUT2D eigenvalue weighted by Gasteiger charge is 2.24. The lowest BCUT2D eigenvalue weighted by Gasteiger charge is -2.19. The molecule has 6 heteroatoms. The molecular formula is C19H21N5O. The van der Waals surface area contributed by atoms with E-state index in [-0.39, 0.29) is 11.9 Å². The van der Waals surface area contributed by atoms with Crippen molar-refractivity contribution < 1.29 is 4.79 Å². The number of hydrogen-bond donors (Lipinski definition) is 1. The van der Waals surface area contributed by atoms with Crippen LogP contribution >= 0.6 is 0 Å². The quantitative estimate of drug-likeness (QED) is 0.934. The van der Waals surface area contributed by atoms with Crippen molar-refractivity contribution in [2.75, 3.05) is 18.0 Å². The summed E-state index contributed by atoms with van der Waals surface area (Å²) < 4.78 is 0. The van der Waals surface area contributed by atoms with Crippen LogP contribution in [-0.2, 0) is 17.8 Å². The van der Waals surface area contributed by atoms with Gasteiger partial charge in [0.25, 0.3) is 0 Å². The predicted molar refractivity (Wildman–Crippen MR) is 96.1 cm³/mol. The van der Waals surface area contributed by atoms with Gasteiger partial charge in [-0.2, -0.15) is 10.2 Å². The van der Waals surface area contributed by atoms with Crippen molar-refractivity contribution in [3.8, 4) is 0 Å². The minimum absolute atomic E-state index is 0.0594. The van der Waals surface area contributed by atoms with Gasteiger partial charge in [0, 0.05) is 30.9 Å². The maximum atomic E-state index is 12.4. The van der Waals surface area contributed by atoms with Crippen LogP contribution in [-0.4, -0.2) is 30.0 Å². The molecule has 2 aliphatic rings. The summed E-state index contributed by atoms with van der Waals surface area (Å²) in [5.74, 6) is 0.0594. The largest absolute Gasteiger partial charge is 0.368 e. The van der Waals surface area contributed by atoms with Gasteiger partial charge in [-0.3, -0.25) is 9.78 Å². The van der Waals surface area contributed by atoms with Crippen LogP contribution in [0.25, 0.3) is 0 Å². The lowest BCUT2D eigenvalue weighted by Crippen LogP contribution is -2.38. The molecule has 1 amide bonds. The molecule has 1 fully saturated rings. The molecule has 0 unspecified atom stereocenters. The third-order valence-electron chi connectivity index (χ3n) is 4.71. The average molecular weight is 335 g/mol. The summed E-state index contributed by atoms with van der Waals surface area (Å²) in [5, 5.41) is 11.3. The number of amides is 1. The molecule has 0 radical (unpaired) electrons. The van der Waals surface area contributed by atoms with Crippen LogP contribution in [0, 0.1) is 6.92 Å². The van der Waals surface area contributed by atoms with Crippen molar-refractivity contribution in [1.29, 1.82) is 0 Å². The molecule has 1 aromatic carbocycles. The second-order valence-corrected chi connectivity index (χ2v) is 6.76. The Morgan fingerprint density at radius 3 is 3.12 bits per heavy atom. The lowest BCUT2D eigenvalue weighted by atomic mass is 10.1. The van der Waals surface area contributed by atoms with Crippen LogP contribution in [0.15, 0.2) is 46.9 Å². The molecule has 6 nitrogen and oxygen atoms in total. The van der Waals surface area contributed by atoms with Crippen LogP contribution in [0.2, 0.25) is 0 Å². The van der Waals surface area contributed by atoms with Gasteiger partial charge in [-0.1, -0.05) is 12.1 Å². The molecule has 0 saturated carbocycles. The zero-order valence-electron chi connectivity index (χ0n) is 14.3. The zero-order chi connectivity index (χ0) is 17.2. The summed E-state index contributed by atoms with van der Waals surface area (Å²) in [5.41, 5.74) is 5.28. The maximum Gasteiger partial charge on any atom is 0.224 e. The Labute approximate surface area is 147 Å². The molecule has 3 heterocycles. The number of rotatable bonds is 4. The number of nitrogens with zero attached hydrogens (tertiary/aromatic N) is 4. The van der Waals surface area contributed by atoms with Crippen LogP contribution < -0.4 is 10.2 Å². The van der Waals surface area contributed by atoms with Crippen LogP contribution in [0.5, 0.6) is 0 Å². The van der Waals surface area contributed by atoms with Gasteiger partial charge in [-0.05, 0) is 36.6 Å². The molecule has 25 heavy (non-hydrogen) atoms. The molecule has 0 spiro atoms. The smallest absolute Gasteiger partial charge is 0.224 e. The third-order valence-corrected chi connectivity index (χ3v) is 4.71. The first kappa shape index (κ1) is 15.7. The van der Waals surface area contributed by atoms with Gasteiger partial charge < -0.3 is 10.2 Å². The monoisotopic (exact) mass is 335 g/mol. The summed E-state index contributed by atoms with van der Waals surface area (Å²) in [6.45, 7) is 4.46. The summed E-state index contributed by atoms with van der Waals surface area (Å²) in [6.07, 6.45) is 5.08. The molecule has 128 valence electrons. The molecule has 0 aliphatic carbocycles. The first-order valence-electron chi connectivity index (χ1n) is 8.62. The Morgan fingerprint density at radius 2 is 2.24 bits per heavy atom.